The van der Waals surface area contributed by atoms with Crippen LogP contribution in [0.4, 0.5) is 0 Å². The van der Waals surface area contributed by atoms with E-state index in [4.69, 9.17) is 10.2 Å². The maximum Gasteiger partial charge on any atom is 0.335 e. The molecule has 1 rings (SSSR count). The topological polar surface area (TPSA) is 74.6 Å². The normalized spacial score (nSPS) is 9.93. The van der Waals surface area contributed by atoms with E-state index >= 15 is 0 Å². The highest BCUT2D eigenvalue weighted by Crippen LogP contribution is 2.21. The van der Waals surface area contributed by atoms with E-state index < -0.39 is 11.9 Å². The van der Waals surface area contributed by atoms with Crippen LogP contribution >= 0.6 is 11.8 Å². The van der Waals surface area contributed by atoms with Gasteiger partial charge in [0.1, 0.15) is 0 Å². The fourth-order valence-corrected chi connectivity index (χ4v) is 1.85. The molecule has 0 saturated carbocycles. The van der Waals surface area contributed by atoms with Crippen molar-refractivity contribution in [3.05, 3.63) is 29.3 Å². The van der Waals surface area contributed by atoms with Crippen molar-refractivity contribution in [2.45, 2.75) is 11.8 Å². The summed E-state index contributed by atoms with van der Waals surface area (Å²) in [5.41, 5.74) is 0.0108. The van der Waals surface area contributed by atoms with E-state index in [0.29, 0.717) is 4.90 Å². The van der Waals surface area contributed by atoms with Crippen LogP contribution in [0.5, 0.6) is 0 Å². The summed E-state index contributed by atoms with van der Waals surface area (Å²) in [4.78, 5) is 22.1. The van der Waals surface area contributed by atoms with Crippen molar-refractivity contribution < 1.29 is 19.8 Å². The number of carboxylic acid groups (broad SMARTS) is 2. The van der Waals surface area contributed by atoms with Gasteiger partial charge in [-0.2, -0.15) is 0 Å². The first-order chi connectivity index (χ1) is 7.04. The highest BCUT2D eigenvalue weighted by Gasteiger charge is 2.11. The first-order valence-electron chi connectivity index (χ1n) is 4.29. The van der Waals surface area contributed by atoms with Crippen LogP contribution in [0.2, 0.25) is 0 Å². The van der Waals surface area contributed by atoms with Gasteiger partial charge in [-0.25, -0.2) is 9.59 Å². The van der Waals surface area contributed by atoms with E-state index in [-0.39, 0.29) is 11.1 Å². The lowest BCUT2D eigenvalue weighted by Gasteiger charge is -2.03. The highest BCUT2D eigenvalue weighted by molar-refractivity contribution is 7.99. The first kappa shape index (κ1) is 11.6. The molecule has 0 spiro atoms. The van der Waals surface area contributed by atoms with E-state index in [1.807, 2.05) is 6.92 Å². The molecular weight excluding hydrogens is 216 g/mol. The predicted octanol–water partition coefficient (Wildman–Crippen LogP) is 2.20. The third-order valence-electron chi connectivity index (χ3n) is 1.71. The molecule has 0 aliphatic rings. The number of hydrogen-bond acceptors (Lipinski definition) is 3. The molecule has 0 saturated heterocycles. The maximum atomic E-state index is 10.7. The molecule has 2 N–H and O–H groups in total. The van der Waals surface area contributed by atoms with Crippen LogP contribution in [-0.2, 0) is 0 Å². The summed E-state index contributed by atoms with van der Waals surface area (Å²) < 4.78 is 0. The highest BCUT2D eigenvalue weighted by atomic mass is 32.2. The zero-order valence-corrected chi connectivity index (χ0v) is 8.87. The second kappa shape index (κ2) is 4.84. The van der Waals surface area contributed by atoms with Crippen molar-refractivity contribution in [3.63, 3.8) is 0 Å². The molecule has 0 atom stereocenters. The molecule has 0 aromatic heterocycles. The summed E-state index contributed by atoms with van der Waals surface area (Å²) in [6, 6.07) is 4.11. The molecule has 4 nitrogen and oxygen atoms in total. The number of carbonyl (C=O) groups is 2. The standard InChI is InChI=1S/C10H10O4S/c1-2-15-8-4-6(9(11)12)3-7(5-8)10(13)14/h3-5H,2H2,1H3,(H,11,12)(H,13,14). The van der Waals surface area contributed by atoms with Gasteiger partial charge in [-0.3, -0.25) is 0 Å². The molecule has 0 aliphatic heterocycles. The van der Waals surface area contributed by atoms with E-state index in [2.05, 4.69) is 0 Å². The molecule has 1 aromatic rings. The number of hydrogen-bond donors (Lipinski definition) is 2. The molecule has 0 heterocycles. The fraction of sp³-hybridized carbons (Fsp3) is 0.200. The summed E-state index contributed by atoms with van der Waals surface area (Å²) in [7, 11) is 0. The summed E-state index contributed by atoms with van der Waals surface area (Å²) in [6.07, 6.45) is 0. The monoisotopic (exact) mass is 226 g/mol. The third-order valence-corrected chi connectivity index (χ3v) is 2.57. The smallest absolute Gasteiger partial charge is 0.335 e. The molecular formula is C10H10O4S. The van der Waals surface area contributed by atoms with Crippen molar-refractivity contribution in [3.8, 4) is 0 Å². The van der Waals surface area contributed by atoms with Gasteiger partial charge in [-0.15, -0.1) is 11.8 Å². The molecule has 80 valence electrons. The summed E-state index contributed by atoms with van der Waals surface area (Å²) >= 11 is 1.41. The Hall–Kier alpha value is -1.49. The Morgan fingerprint density at radius 3 is 1.93 bits per heavy atom. The summed E-state index contributed by atoms with van der Waals surface area (Å²) in [5, 5.41) is 17.6. The van der Waals surface area contributed by atoms with Crippen molar-refractivity contribution in [1.29, 1.82) is 0 Å². The number of carboxylic acids is 2. The molecule has 0 fully saturated rings. The van der Waals surface area contributed by atoms with Crippen LogP contribution in [-0.4, -0.2) is 27.9 Å². The average Bonchev–Trinajstić information content (AvgIpc) is 2.17. The Morgan fingerprint density at radius 1 is 1.13 bits per heavy atom. The predicted molar refractivity (Wildman–Crippen MR) is 56.8 cm³/mol. The van der Waals surface area contributed by atoms with E-state index in [1.165, 1.54) is 23.9 Å². The molecule has 0 radical (unpaired) electrons. The van der Waals surface area contributed by atoms with Crippen LogP contribution in [0.15, 0.2) is 23.1 Å². The Bertz CT molecular complexity index is 368. The van der Waals surface area contributed by atoms with Gasteiger partial charge >= 0.3 is 11.9 Å². The van der Waals surface area contributed by atoms with Gasteiger partial charge < -0.3 is 10.2 Å². The Balaban J connectivity index is 3.19. The van der Waals surface area contributed by atoms with Gasteiger partial charge in [-0.1, -0.05) is 6.92 Å². The van der Waals surface area contributed by atoms with Crippen molar-refractivity contribution in [2.75, 3.05) is 5.75 Å². The molecule has 0 bridgehead atoms. The van der Waals surface area contributed by atoms with Crippen LogP contribution < -0.4 is 0 Å². The quantitative estimate of drug-likeness (QED) is 0.770. The summed E-state index contributed by atoms with van der Waals surface area (Å²) in [5.74, 6) is -1.46. The Morgan fingerprint density at radius 2 is 1.60 bits per heavy atom. The van der Waals surface area contributed by atoms with Gasteiger partial charge in [0.05, 0.1) is 11.1 Å². The van der Waals surface area contributed by atoms with Crippen molar-refractivity contribution in [1.82, 2.24) is 0 Å². The van der Waals surface area contributed by atoms with Gasteiger partial charge in [0.2, 0.25) is 0 Å². The van der Waals surface area contributed by atoms with Crippen LogP contribution in [0.25, 0.3) is 0 Å². The van der Waals surface area contributed by atoms with Gasteiger partial charge in [0.25, 0.3) is 0 Å². The van der Waals surface area contributed by atoms with E-state index in [1.54, 1.807) is 0 Å². The lowest BCUT2D eigenvalue weighted by atomic mass is 10.1. The first-order valence-corrected chi connectivity index (χ1v) is 5.27. The largest absolute Gasteiger partial charge is 0.478 e. The van der Waals surface area contributed by atoms with Crippen LogP contribution in [0.3, 0.4) is 0 Å². The minimum Gasteiger partial charge on any atom is -0.478 e. The second-order valence-electron chi connectivity index (χ2n) is 2.79. The van der Waals surface area contributed by atoms with Gasteiger partial charge in [0, 0.05) is 4.90 Å². The lowest BCUT2D eigenvalue weighted by molar-refractivity contribution is 0.0696. The van der Waals surface area contributed by atoms with Crippen molar-refractivity contribution in [2.24, 2.45) is 0 Å². The molecule has 0 amide bonds. The van der Waals surface area contributed by atoms with E-state index in [0.717, 1.165) is 11.8 Å². The Kier molecular flexibility index (Phi) is 3.74. The van der Waals surface area contributed by atoms with Gasteiger partial charge in [0.15, 0.2) is 0 Å². The number of rotatable bonds is 4. The van der Waals surface area contributed by atoms with Crippen LogP contribution in [0.1, 0.15) is 27.6 Å². The molecule has 0 aliphatic carbocycles. The number of thioether (sulfide) groups is 1. The summed E-state index contributed by atoms with van der Waals surface area (Å²) in [6.45, 7) is 1.92. The van der Waals surface area contributed by atoms with E-state index in [9.17, 15) is 9.59 Å². The molecule has 5 heteroatoms. The Labute approximate surface area is 90.9 Å². The average molecular weight is 226 g/mol. The SMILES string of the molecule is CCSc1cc(C(=O)O)cc(C(=O)O)c1. The minimum absolute atomic E-state index is 0.00542. The third kappa shape index (κ3) is 2.99. The lowest BCUT2D eigenvalue weighted by Crippen LogP contribution is -2.02. The fourth-order valence-electron chi connectivity index (χ4n) is 1.10. The minimum atomic E-state index is -1.11. The van der Waals surface area contributed by atoms with Crippen molar-refractivity contribution >= 4 is 23.7 Å². The molecule has 15 heavy (non-hydrogen) atoms. The maximum absolute atomic E-state index is 10.7. The second-order valence-corrected chi connectivity index (χ2v) is 4.13. The number of benzene rings is 1. The van der Waals surface area contributed by atoms with Crippen LogP contribution in [0, 0.1) is 0 Å². The zero-order chi connectivity index (χ0) is 11.4. The van der Waals surface area contributed by atoms with Gasteiger partial charge in [-0.05, 0) is 24.0 Å². The molecule has 1 aromatic carbocycles. The molecule has 0 unspecified atom stereocenters. The number of aromatic carboxylic acids is 2. The zero-order valence-electron chi connectivity index (χ0n) is 8.06.